The molecule has 1 heterocycles. The van der Waals surface area contributed by atoms with Gasteiger partial charge in [-0.1, -0.05) is 55.0 Å². The van der Waals surface area contributed by atoms with Crippen LogP contribution in [0.25, 0.3) is 16.9 Å². The zero-order valence-electron chi connectivity index (χ0n) is 16.3. The van der Waals surface area contributed by atoms with Crippen LogP contribution in [0.15, 0.2) is 60.8 Å². The fourth-order valence-corrected chi connectivity index (χ4v) is 2.96. The van der Waals surface area contributed by atoms with E-state index >= 15 is 0 Å². The van der Waals surface area contributed by atoms with Crippen molar-refractivity contribution in [3.8, 4) is 16.9 Å². The molecule has 1 N–H and O–H groups in total. The molecule has 0 aliphatic rings. The molecule has 140 valence electrons. The minimum Gasteiger partial charge on any atom is -0.354 e. The van der Waals surface area contributed by atoms with Crippen LogP contribution in [-0.4, -0.2) is 21.7 Å². The van der Waals surface area contributed by atoms with E-state index in [1.54, 1.807) is 0 Å². The van der Waals surface area contributed by atoms with E-state index in [2.05, 4.69) is 43.4 Å². The maximum Gasteiger partial charge on any atom is 0.220 e. The lowest BCUT2D eigenvalue weighted by molar-refractivity contribution is -0.121. The van der Waals surface area contributed by atoms with Gasteiger partial charge in [-0.05, 0) is 44.4 Å². The Bertz CT molecular complexity index is 882. The van der Waals surface area contributed by atoms with E-state index in [-0.39, 0.29) is 11.9 Å². The third kappa shape index (κ3) is 4.85. The smallest absolute Gasteiger partial charge is 0.220 e. The van der Waals surface area contributed by atoms with Crippen LogP contribution < -0.4 is 5.32 Å². The first-order chi connectivity index (χ1) is 13.1. The Morgan fingerprint density at radius 2 is 1.81 bits per heavy atom. The quantitative estimate of drug-likeness (QED) is 0.663. The van der Waals surface area contributed by atoms with Crippen LogP contribution in [-0.2, 0) is 11.2 Å². The lowest BCUT2D eigenvalue weighted by Gasteiger charge is -2.11. The van der Waals surface area contributed by atoms with E-state index < -0.39 is 0 Å². The molecular formula is C23H27N3O. The van der Waals surface area contributed by atoms with E-state index in [9.17, 15) is 4.79 Å². The van der Waals surface area contributed by atoms with Gasteiger partial charge >= 0.3 is 0 Å². The molecule has 0 saturated heterocycles. The Balaban J connectivity index is 1.87. The Morgan fingerprint density at radius 3 is 2.48 bits per heavy atom. The minimum absolute atomic E-state index is 0.0895. The first-order valence-corrected chi connectivity index (χ1v) is 9.57. The third-order valence-corrected chi connectivity index (χ3v) is 4.78. The summed E-state index contributed by atoms with van der Waals surface area (Å²) in [6, 6.07) is 18.6. The molecule has 0 radical (unpaired) electrons. The second-order valence-electron chi connectivity index (χ2n) is 7.03. The van der Waals surface area contributed by atoms with Crippen molar-refractivity contribution in [3.63, 3.8) is 0 Å². The van der Waals surface area contributed by atoms with Crippen molar-refractivity contribution >= 4 is 5.91 Å². The number of nitrogens with one attached hydrogen (secondary N) is 1. The molecule has 27 heavy (non-hydrogen) atoms. The highest BCUT2D eigenvalue weighted by molar-refractivity contribution is 5.77. The molecule has 3 rings (SSSR count). The van der Waals surface area contributed by atoms with Crippen molar-refractivity contribution in [1.82, 2.24) is 15.1 Å². The van der Waals surface area contributed by atoms with E-state index in [1.165, 1.54) is 5.56 Å². The molecule has 0 aliphatic heterocycles. The largest absolute Gasteiger partial charge is 0.354 e. The van der Waals surface area contributed by atoms with Gasteiger partial charge in [0.05, 0.1) is 11.4 Å². The van der Waals surface area contributed by atoms with E-state index in [0.29, 0.717) is 12.8 Å². The molecule has 0 bridgehead atoms. The predicted octanol–water partition coefficient (Wildman–Crippen LogP) is 4.70. The topological polar surface area (TPSA) is 46.9 Å². The fourth-order valence-electron chi connectivity index (χ4n) is 2.96. The van der Waals surface area contributed by atoms with Gasteiger partial charge in [-0.2, -0.15) is 5.10 Å². The summed E-state index contributed by atoms with van der Waals surface area (Å²) in [5, 5.41) is 7.86. The number of hydrogen-bond acceptors (Lipinski definition) is 2. The van der Waals surface area contributed by atoms with Crippen molar-refractivity contribution in [1.29, 1.82) is 0 Å². The number of hydrogen-bond donors (Lipinski definition) is 1. The number of carbonyl (C=O) groups excluding carboxylic acids is 1. The molecule has 0 aliphatic carbocycles. The summed E-state index contributed by atoms with van der Waals surface area (Å²) >= 11 is 0. The predicted molar refractivity (Wildman–Crippen MR) is 110 cm³/mol. The number of benzene rings is 2. The molecule has 1 unspecified atom stereocenters. The standard InChI is InChI=1S/C23H27N3O/c1-4-18(3)24-22(27)15-14-20-16-26(21-8-6-5-7-9-21)25-23(20)19-12-10-17(2)11-13-19/h5-13,16,18H,4,14-15H2,1-3H3,(H,24,27). The van der Waals surface area contributed by atoms with Crippen molar-refractivity contribution in [3.05, 3.63) is 71.9 Å². The highest BCUT2D eigenvalue weighted by Crippen LogP contribution is 2.25. The van der Waals surface area contributed by atoms with Gasteiger partial charge in [-0.25, -0.2) is 4.68 Å². The molecular weight excluding hydrogens is 334 g/mol. The fraction of sp³-hybridized carbons (Fsp3) is 0.304. The van der Waals surface area contributed by atoms with Crippen LogP contribution in [0.4, 0.5) is 0 Å². The molecule has 1 amide bonds. The summed E-state index contributed by atoms with van der Waals surface area (Å²) in [5.41, 5.74) is 5.33. The first kappa shape index (κ1) is 18.9. The maximum atomic E-state index is 12.2. The number of carbonyl (C=O) groups is 1. The molecule has 0 saturated carbocycles. The highest BCUT2D eigenvalue weighted by Gasteiger charge is 2.14. The normalized spacial score (nSPS) is 12.0. The van der Waals surface area contributed by atoms with Crippen LogP contribution in [0.1, 0.15) is 37.8 Å². The molecule has 0 fully saturated rings. The van der Waals surface area contributed by atoms with Crippen LogP contribution in [0.5, 0.6) is 0 Å². The number of aryl methyl sites for hydroxylation is 2. The lowest BCUT2D eigenvalue weighted by atomic mass is 10.0. The second-order valence-corrected chi connectivity index (χ2v) is 7.03. The summed E-state index contributed by atoms with van der Waals surface area (Å²) < 4.78 is 1.90. The van der Waals surface area contributed by atoms with Gasteiger partial charge in [-0.3, -0.25) is 4.79 Å². The molecule has 4 heteroatoms. The number of nitrogens with zero attached hydrogens (tertiary/aromatic N) is 2. The average molecular weight is 361 g/mol. The van der Waals surface area contributed by atoms with Gasteiger partial charge in [0.25, 0.3) is 0 Å². The van der Waals surface area contributed by atoms with E-state index in [0.717, 1.165) is 28.9 Å². The van der Waals surface area contributed by atoms with Gasteiger partial charge in [0, 0.05) is 24.2 Å². The summed E-state index contributed by atoms with van der Waals surface area (Å²) in [7, 11) is 0. The summed E-state index contributed by atoms with van der Waals surface area (Å²) in [6.45, 7) is 6.18. The number of aromatic nitrogens is 2. The highest BCUT2D eigenvalue weighted by atomic mass is 16.1. The minimum atomic E-state index is 0.0895. The lowest BCUT2D eigenvalue weighted by Crippen LogP contribution is -2.32. The maximum absolute atomic E-state index is 12.2. The second kappa shape index (κ2) is 8.67. The van der Waals surface area contributed by atoms with Crippen molar-refractivity contribution in [2.45, 2.75) is 46.1 Å². The van der Waals surface area contributed by atoms with Gasteiger partial charge in [0.1, 0.15) is 0 Å². The molecule has 1 aromatic heterocycles. The summed E-state index contributed by atoms with van der Waals surface area (Å²) in [6.07, 6.45) is 4.11. The number of rotatable bonds is 7. The SMILES string of the molecule is CCC(C)NC(=O)CCc1cn(-c2ccccc2)nc1-c1ccc(C)cc1. The van der Waals surface area contributed by atoms with Gasteiger partial charge in [0.2, 0.25) is 5.91 Å². The summed E-state index contributed by atoms with van der Waals surface area (Å²) in [5.74, 6) is 0.0895. The monoisotopic (exact) mass is 361 g/mol. The first-order valence-electron chi connectivity index (χ1n) is 9.57. The van der Waals surface area contributed by atoms with E-state index in [1.807, 2.05) is 48.1 Å². The van der Waals surface area contributed by atoms with Crippen molar-refractivity contribution in [2.24, 2.45) is 0 Å². The van der Waals surface area contributed by atoms with Gasteiger partial charge < -0.3 is 5.32 Å². The van der Waals surface area contributed by atoms with Crippen LogP contribution in [0.3, 0.4) is 0 Å². The zero-order chi connectivity index (χ0) is 19.2. The number of amides is 1. The third-order valence-electron chi connectivity index (χ3n) is 4.78. The van der Waals surface area contributed by atoms with E-state index in [4.69, 9.17) is 5.10 Å². The Hall–Kier alpha value is -2.88. The zero-order valence-corrected chi connectivity index (χ0v) is 16.3. The van der Waals surface area contributed by atoms with Crippen LogP contribution >= 0.6 is 0 Å². The van der Waals surface area contributed by atoms with Gasteiger partial charge in [0.15, 0.2) is 0 Å². The molecule has 2 aromatic carbocycles. The summed E-state index contributed by atoms with van der Waals surface area (Å²) in [4.78, 5) is 12.2. The molecule has 3 aromatic rings. The number of para-hydroxylation sites is 1. The Morgan fingerprint density at radius 1 is 1.11 bits per heavy atom. The van der Waals surface area contributed by atoms with Crippen LogP contribution in [0.2, 0.25) is 0 Å². The van der Waals surface area contributed by atoms with Crippen molar-refractivity contribution in [2.75, 3.05) is 0 Å². The van der Waals surface area contributed by atoms with Crippen molar-refractivity contribution < 1.29 is 4.79 Å². The molecule has 0 spiro atoms. The van der Waals surface area contributed by atoms with Crippen LogP contribution in [0, 0.1) is 6.92 Å². The van der Waals surface area contributed by atoms with Gasteiger partial charge in [-0.15, -0.1) is 0 Å². The average Bonchev–Trinajstić information content (AvgIpc) is 3.12. The Labute approximate surface area is 161 Å². The molecule has 1 atom stereocenters. The molecule has 4 nitrogen and oxygen atoms in total. The Kier molecular flexibility index (Phi) is 6.07.